The summed E-state index contributed by atoms with van der Waals surface area (Å²) in [6.07, 6.45) is -0.650. The number of nitriles is 1. The maximum Gasteiger partial charge on any atom is 0.410 e. The second-order valence-electron chi connectivity index (χ2n) is 3.52. The third-order valence-corrected chi connectivity index (χ3v) is 2.21. The number of hydrogen-bond donors (Lipinski definition) is 0. The largest absolute Gasteiger partial charge is 0.496 e. The summed E-state index contributed by atoms with van der Waals surface area (Å²) in [6, 6.07) is 5.76. The maximum absolute atomic E-state index is 13.0. The van der Waals surface area contributed by atoms with Crippen LogP contribution < -0.4 is 4.74 Å². The number of carbonyl (C=O) groups excluding carboxylic acids is 1. The van der Waals surface area contributed by atoms with Crippen LogP contribution in [0.1, 0.15) is 5.56 Å². The van der Waals surface area contributed by atoms with Gasteiger partial charge in [0, 0.05) is 12.6 Å². The van der Waals surface area contributed by atoms with E-state index >= 15 is 0 Å². The quantitative estimate of drug-likeness (QED) is 0.768. The molecule has 0 saturated heterocycles. The van der Waals surface area contributed by atoms with Crippen molar-refractivity contribution in [3.05, 3.63) is 29.6 Å². The van der Waals surface area contributed by atoms with Crippen molar-refractivity contribution in [1.29, 1.82) is 5.26 Å². The van der Waals surface area contributed by atoms with Crippen LogP contribution in [0.2, 0.25) is 0 Å². The average Bonchev–Trinajstić information content (AvgIpc) is 2.36. The molecule has 0 N–H and O–H groups in total. The van der Waals surface area contributed by atoms with Gasteiger partial charge in [-0.1, -0.05) is 0 Å². The van der Waals surface area contributed by atoms with E-state index in [1.165, 1.54) is 32.4 Å². The van der Waals surface area contributed by atoms with Gasteiger partial charge in [-0.3, -0.25) is 4.90 Å². The lowest BCUT2D eigenvalue weighted by atomic mass is 10.2. The minimum atomic E-state index is -0.650. The summed E-state index contributed by atoms with van der Waals surface area (Å²) in [6.45, 7) is -0.186. The Kier molecular flexibility index (Phi) is 4.93. The fraction of sp³-hybridized carbons (Fsp3) is 0.333. The minimum absolute atomic E-state index is 0.0703. The van der Waals surface area contributed by atoms with Gasteiger partial charge in [0.15, 0.2) is 0 Å². The van der Waals surface area contributed by atoms with E-state index < -0.39 is 11.9 Å². The Morgan fingerprint density at radius 1 is 1.56 bits per heavy atom. The van der Waals surface area contributed by atoms with Gasteiger partial charge in [-0.25, -0.2) is 9.18 Å². The standard InChI is InChI=1S/C12H13FN2O3/c1-15(6-5-14)12(16)18-8-9-7-10(13)3-4-11(9)17-2/h3-4,7H,6,8H2,1-2H3. The molecule has 0 saturated carbocycles. The van der Waals surface area contributed by atoms with Crippen LogP contribution in [0, 0.1) is 17.1 Å². The van der Waals surface area contributed by atoms with Crippen molar-refractivity contribution in [3.63, 3.8) is 0 Å². The van der Waals surface area contributed by atoms with E-state index in [0.717, 1.165) is 4.90 Å². The van der Waals surface area contributed by atoms with E-state index in [1.807, 2.05) is 6.07 Å². The first-order chi connectivity index (χ1) is 8.58. The number of rotatable bonds is 4. The zero-order valence-electron chi connectivity index (χ0n) is 10.1. The third kappa shape index (κ3) is 3.63. The summed E-state index contributed by atoms with van der Waals surface area (Å²) in [5, 5.41) is 8.42. The van der Waals surface area contributed by atoms with Crippen LogP contribution in [0.3, 0.4) is 0 Å². The van der Waals surface area contributed by atoms with Crippen LogP contribution in [0.15, 0.2) is 18.2 Å². The van der Waals surface area contributed by atoms with E-state index in [0.29, 0.717) is 11.3 Å². The molecule has 0 aliphatic carbocycles. The van der Waals surface area contributed by atoms with E-state index in [4.69, 9.17) is 14.7 Å². The number of amides is 1. The van der Waals surface area contributed by atoms with Crippen LogP contribution >= 0.6 is 0 Å². The lowest BCUT2D eigenvalue weighted by Crippen LogP contribution is -2.27. The van der Waals surface area contributed by atoms with E-state index in [-0.39, 0.29) is 13.2 Å². The Labute approximate surface area is 104 Å². The summed E-state index contributed by atoms with van der Waals surface area (Å²) in [5.41, 5.74) is 0.427. The smallest absolute Gasteiger partial charge is 0.410 e. The first-order valence-electron chi connectivity index (χ1n) is 5.15. The highest BCUT2D eigenvalue weighted by molar-refractivity contribution is 5.67. The summed E-state index contributed by atoms with van der Waals surface area (Å²) in [4.78, 5) is 12.5. The number of methoxy groups -OCH3 is 1. The zero-order chi connectivity index (χ0) is 13.5. The fourth-order valence-corrected chi connectivity index (χ4v) is 1.28. The summed E-state index contributed by atoms with van der Waals surface area (Å²) < 4.78 is 23.0. The third-order valence-electron chi connectivity index (χ3n) is 2.21. The molecule has 96 valence electrons. The highest BCUT2D eigenvalue weighted by Crippen LogP contribution is 2.20. The first kappa shape index (κ1) is 13.8. The highest BCUT2D eigenvalue weighted by atomic mass is 19.1. The van der Waals surface area contributed by atoms with Gasteiger partial charge < -0.3 is 9.47 Å². The Bertz CT molecular complexity index is 471. The maximum atomic E-state index is 13.0. The van der Waals surface area contributed by atoms with Crippen molar-refractivity contribution < 1.29 is 18.7 Å². The van der Waals surface area contributed by atoms with Crippen molar-refractivity contribution in [2.24, 2.45) is 0 Å². The number of ether oxygens (including phenoxy) is 2. The van der Waals surface area contributed by atoms with Crippen LogP contribution in [0.4, 0.5) is 9.18 Å². The molecule has 0 spiro atoms. The highest BCUT2D eigenvalue weighted by Gasteiger charge is 2.11. The summed E-state index contributed by atoms with van der Waals surface area (Å²) in [7, 11) is 2.88. The molecule has 0 unspecified atom stereocenters. The van der Waals surface area contributed by atoms with Crippen LogP contribution in [-0.4, -0.2) is 31.7 Å². The molecule has 1 aromatic rings. The molecule has 0 heterocycles. The topological polar surface area (TPSA) is 62.6 Å². The molecular weight excluding hydrogens is 239 g/mol. The Morgan fingerprint density at radius 3 is 2.89 bits per heavy atom. The van der Waals surface area contributed by atoms with E-state index in [2.05, 4.69) is 0 Å². The molecule has 18 heavy (non-hydrogen) atoms. The monoisotopic (exact) mass is 252 g/mol. The predicted octanol–water partition coefficient (Wildman–Crippen LogP) is 1.93. The van der Waals surface area contributed by atoms with Crippen LogP contribution in [-0.2, 0) is 11.3 Å². The molecule has 0 aliphatic heterocycles. The normalized spacial score (nSPS) is 9.44. The SMILES string of the molecule is COc1ccc(F)cc1COC(=O)N(C)CC#N. The van der Waals surface area contributed by atoms with Gasteiger partial charge in [0.2, 0.25) is 0 Å². The van der Waals surface area contributed by atoms with E-state index in [9.17, 15) is 9.18 Å². The summed E-state index contributed by atoms with van der Waals surface area (Å²) >= 11 is 0. The van der Waals surface area contributed by atoms with Crippen LogP contribution in [0.25, 0.3) is 0 Å². The Hall–Kier alpha value is -2.29. The molecule has 5 nitrogen and oxygen atoms in total. The average molecular weight is 252 g/mol. The molecule has 6 heteroatoms. The molecule has 1 amide bonds. The Balaban J connectivity index is 2.66. The summed E-state index contributed by atoms with van der Waals surface area (Å²) in [5.74, 6) is -0.000588. The second kappa shape index (κ2) is 6.45. The molecule has 0 fully saturated rings. The van der Waals surface area contributed by atoms with Gasteiger partial charge in [0.05, 0.1) is 13.2 Å². The molecule has 0 bridgehead atoms. The molecule has 0 aliphatic rings. The number of hydrogen-bond acceptors (Lipinski definition) is 4. The van der Waals surface area contributed by atoms with Gasteiger partial charge in [0.25, 0.3) is 0 Å². The van der Waals surface area contributed by atoms with Crippen molar-refractivity contribution in [2.45, 2.75) is 6.61 Å². The van der Waals surface area contributed by atoms with Gasteiger partial charge in [0.1, 0.15) is 24.7 Å². The Morgan fingerprint density at radius 2 is 2.28 bits per heavy atom. The number of nitrogens with zero attached hydrogens (tertiary/aromatic N) is 2. The van der Waals surface area contributed by atoms with Crippen molar-refractivity contribution >= 4 is 6.09 Å². The molecule has 0 radical (unpaired) electrons. The lowest BCUT2D eigenvalue weighted by molar-refractivity contribution is 0.107. The van der Waals surface area contributed by atoms with Gasteiger partial charge in [-0.15, -0.1) is 0 Å². The number of carbonyl (C=O) groups is 1. The zero-order valence-corrected chi connectivity index (χ0v) is 10.1. The van der Waals surface area contributed by atoms with Gasteiger partial charge >= 0.3 is 6.09 Å². The van der Waals surface area contributed by atoms with Gasteiger partial charge in [-0.2, -0.15) is 5.26 Å². The van der Waals surface area contributed by atoms with Crippen molar-refractivity contribution in [1.82, 2.24) is 4.90 Å². The van der Waals surface area contributed by atoms with E-state index in [1.54, 1.807) is 0 Å². The predicted molar refractivity (Wildman–Crippen MR) is 61.4 cm³/mol. The molecule has 1 rings (SSSR count). The second-order valence-corrected chi connectivity index (χ2v) is 3.52. The molecule has 1 aromatic carbocycles. The molecule has 0 atom stereocenters. The van der Waals surface area contributed by atoms with Crippen molar-refractivity contribution in [3.8, 4) is 11.8 Å². The first-order valence-corrected chi connectivity index (χ1v) is 5.15. The number of halogens is 1. The van der Waals surface area contributed by atoms with Crippen molar-refractivity contribution in [2.75, 3.05) is 20.7 Å². The molecular formula is C12H13FN2O3. The van der Waals surface area contributed by atoms with Gasteiger partial charge in [-0.05, 0) is 18.2 Å². The fourth-order valence-electron chi connectivity index (χ4n) is 1.28. The number of benzene rings is 1. The van der Waals surface area contributed by atoms with Crippen LogP contribution in [0.5, 0.6) is 5.75 Å². The minimum Gasteiger partial charge on any atom is -0.496 e. The lowest BCUT2D eigenvalue weighted by Gasteiger charge is -2.14. The molecule has 0 aromatic heterocycles.